The van der Waals surface area contributed by atoms with Crippen LogP contribution in [0.3, 0.4) is 0 Å². The Morgan fingerprint density at radius 1 is 1.35 bits per heavy atom. The molecule has 0 fully saturated rings. The van der Waals surface area contributed by atoms with Gasteiger partial charge in [-0.25, -0.2) is 0 Å². The second-order valence-corrected chi connectivity index (χ2v) is 3.92. The van der Waals surface area contributed by atoms with Crippen molar-refractivity contribution in [2.75, 3.05) is 5.73 Å². The van der Waals surface area contributed by atoms with Crippen molar-refractivity contribution in [1.82, 2.24) is 9.78 Å². The van der Waals surface area contributed by atoms with Gasteiger partial charge in [-0.05, 0) is 32.0 Å². The Morgan fingerprint density at radius 2 is 2.12 bits per heavy atom. The monoisotopic (exact) mass is 231 g/mol. The van der Waals surface area contributed by atoms with Crippen LogP contribution in [0.2, 0.25) is 0 Å². The molecule has 0 atom stereocenters. The van der Waals surface area contributed by atoms with Crippen molar-refractivity contribution in [2.24, 2.45) is 0 Å². The van der Waals surface area contributed by atoms with E-state index in [0.29, 0.717) is 18.0 Å². The molecule has 0 aliphatic rings. The maximum Gasteiger partial charge on any atom is 0.142 e. The Labute approximate surface area is 101 Å². The molecule has 0 aliphatic carbocycles. The highest BCUT2D eigenvalue weighted by molar-refractivity contribution is 5.51. The first-order chi connectivity index (χ1) is 8.20. The summed E-state index contributed by atoms with van der Waals surface area (Å²) in [5.74, 6) is 0.717. The van der Waals surface area contributed by atoms with Crippen molar-refractivity contribution >= 4 is 5.69 Å². The van der Waals surface area contributed by atoms with Crippen molar-refractivity contribution in [3.63, 3.8) is 0 Å². The van der Waals surface area contributed by atoms with E-state index in [-0.39, 0.29) is 0 Å². The molecule has 0 radical (unpaired) electrons. The Morgan fingerprint density at radius 3 is 2.82 bits per heavy atom. The van der Waals surface area contributed by atoms with Gasteiger partial charge in [-0.2, -0.15) is 5.10 Å². The van der Waals surface area contributed by atoms with E-state index < -0.39 is 0 Å². The van der Waals surface area contributed by atoms with Crippen LogP contribution in [0, 0.1) is 6.92 Å². The zero-order chi connectivity index (χ0) is 12.3. The van der Waals surface area contributed by atoms with E-state index in [1.54, 1.807) is 0 Å². The fraction of sp³-hybridized carbons (Fsp3) is 0.308. The van der Waals surface area contributed by atoms with E-state index >= 15 is 0 Å². The number of ether oxygens (including phenoxy) is 1. The molecule has 2 rings (SSSR count). The lowest BCUT2D eigenvalue weighted by molar-refractivity contribution is 0.294. The predicted octanol–water partition coefficient (Wildman–Crippen LogP) is 2.37. The zero-order valence-corrected chi connectivity index (χ0v) is 10.2. The molecule has 0 saturated heterocycles. The molecule has 90 valence electrons. The quantitative estimate of drug-likeness (QED) is 0.822. The normalized spacial score (nSPS) is 10.5. The largest absolute Gasteiger partial charge is 0.485 e. The first-order valence-corrected chi connectivity index (χ1v) is 5.71. The third-order valence-electron chi connectivity index (χ3n) is 2.58. The molecule has 0 unspecified atom stereocenters. The summed E-state index contributed by atoms with van der Waals surface area (Å²) < 4.78 is 7.63. The van der Waals surface area contributed by atoms with Crippen molar-refractivity contribution in [1.29, 1.82) is 0 Å². The van der Waals surface area contributed by atoms with Gasteiger partial charge >= 0.3 is 0 Å². The molecule has 4 nitrogen and oxygen atoms in total. The van der Waals surface area contributed by atoms with Crippen LogP contribution in [0.5, 0.6) is 5.75 Å². The molecule has 0 aliphatic heterocycles. The Kier molecular flexibility index (Phi) is 3.32. The number of hydrogen-bond donors (Lipinski definition) is 1. The molecular weight excluding hydrogens is 214 g/mol. The molecule has 0 spiro atoms. The van der Waals surface area contributed by atoms with Crippen LogP contribution < -0.4 is 10.5 Å². The molecule has 17 heavy (non-hydrogen) atoms. The van der Waals surface area contributed by atoms with Gasteiger partial charge < -0.3 is 10.5 Å². The van der Waals surface area contributed by atoms with Gasteiger partial charge in [0.15, 0.2) is 0 Å². The SMILES string of the molecule is CCn1nc(C)cc1COc1ccccc1N. The van der Waals surface area contributed by atoms with Crippen molar-refractivity contribution in [3.05, 3.63) is 41.7 Å². The number of para-hydroxylation sites is 2. The number of aryl methyl sites for hydroxylation is 2. The molecule has 4 heteroatoms. The van der Waals surface area contributed by atoms with E-state index in [1.165, 1.54) is 0 Å². The van der Waals surface area contributed by atoms with Gasteiger partial charge in [0.05, 0.1) is 17.1 Å². The fourth-order valence-corrected chi connectivity index (χ4v) is 1.75. The highest BCUT2D eigenvalue weighted by Crippen LogP contribution is 2.21. The van der Waals surface area contributed by atoms with Gasteiger partial charge in [0, 0.05) is 6.54 Å². The van der Waals surface area contributed by atoms with Crippen LogP contribution in [0.15, 0.2) is 30.3 Å². The standard InChI is InChI=1S/C13H17N3O/c1-3-16-11(8-10(2)15-16)9-17-13-7-5-4-6-12(13)14/h4-8H,3,9,14H2,1-2H3. The van der Waals surface area contributed by atoms with Gasteiger partial charge in [-0.1, -0.05) is 12.1 Å². The van der Waals surface area contributed by atoms with Crippen LogP contribution in [-0.2, 0) is 13.2 Å². The van der Waals surface area contributed by atoms with Crippen LogP contribution in [0.1, 0.15) is 18.3 Å². The molecule has 0 amide bonds. The second kappa shape index (κ2) is 4.91. The third kappa shape index (κ3) is 2.58. The molecular formula is C13H17N3O. The minimum Gasteiger partial charge on any atom is -0.485 e. The van der Waals surface area contributed by atoms with Crippen molar-refractivity contribution in [3.8, 4) is 5.75 Å². The minimum absolute atomic E-state index is 0.489. The van der Waals surface area contributed by atoms with Crippen molar-refractivity contribution < 1.29 is 4.74 Å². The summed E-state index contributed by atoms with van der Waals surface area (Å²) in [6, 6.07) is 9.53. The molecule has 1 aromatic carbocycles. The Balaban J connectivity index is 2.09. The summed E-state index contributed by atoms with van der Waals surface area (Å²) in [6.45, 7) is 5.37. The lowest BCUT2D eigenvalue weighted by atomic mass is 10.3. The average molecular weight is 231 g/mol. The van der Waals surface area contributed by atoms with Crippen molar-refractivity contribution in [2.45, 2.75) is 27.0 Å². The summed E-state index contributed by atoms with van der Waals surface area (Å²) >= 11 is 0. The highest BCUT2D eigenvalue weighted by Gasteiger charge is 2.05. The number of hydrogen-bond acceptors (Lipinski definition) is 3. The molecule has 1 aromatic heterocycles. The van der Waals surface area contributed by atoms with Gasteiger partial charge in [-0.3, -0.25) is 4.68 Å². The van der Waals surface area contributed by atoms with E-state index in [1.807, 2.05) is 41.9 Å². The number of benzene rings is 1. The van der Waals surface area contributed by atoms with E-state index in [4.69, 9.17) is 10.5 Å². The Bertz CT molecular complexity index is 505. The van der Waals surface area contributed by atoms with E-state index in [2.05, 4.69) is 12.0 Å². The van der Waals surface area contributed by atoms with E-state index in [9.17, 15) is 0 Å². The highest BCUT2D eigenvalue weighted by atomic mass is 16.5. The van der Waals surface area contributed by atoms with Crippen LogP contribution in [-0.4, -0.2) is 9.78 Å². The molecule has 2 aromatic rings. The maximum absolute atomic E-state index is 5.81. The number of nitrogens with two attached hydrogens (primary N) is 1. The zero-order valence-electron chi connectivity index (χ0n) is 10.2. The van der Waals surface area contributed by atoms with Crippen LogP contribution in [0.4, 0.5) is 5.69 Å². The first-order valence-electron chi connectivity index (χ1n) is 5.71. The van der Waals surface area contributed by atoms with Gasteiger partial charge in [0.1, 0.15) is 12.4 Å². The van der Waals surface area contributed by atoms with Gasteiger partial charge in [0.25, 0.3) is 0 Å². The fourth-order valence-electron chi connectivity index (χ4n) is 1.75. The summed E-state index contributed by atoms with van der Waals surface area (Å²) in [5, 5.41) is 4.37. The lowest BCUT2D eigenvalue weighted by Crippen LogP contribution is -2.06. The molecule has 0 bridgehead atoms. The Hall–Kier alpha value is -1.97. The van der Waals surface area contributed by atoms with E-state index in [0.717, 1.165) is 17.9 Å². The third-order valence-corrected chi connectivity index (χ3v) is 2.58. The average Bonchev–Trinajstić information content (AvgIpc) is 2.69. The second-order valence-electron chi connectivity index (χ2n) is 3.92. The minimum atomic E-state index is 0.489. The first kappa shape index (κ1) is 11.5. The predicted molar refractivity (Wildman–Crippen MR) is 67.8 cm³/mol. The van der Waals surface area contributed by atoms with Gasteiger partial charge in [0.2, 0.25) is 0 Å². The number of nitrogen functional groups attached to an aromatic ring is 1. The van der Waals surface area contributed by atoms with Crippen LogP contribution in [0.25, 0.3) is 0 Å². The summed E-state index contributed by atoms with van der Waals surface area (Å²) in [7, 11) is 0. The summed E-state index contributed by atoms with van der Waals surface area (Å²) in [6.07, 6.45) is 0. The number of aromatic nitrogens is 2. The molecule has 1 heterocycles. The lowest BCUT2D eigenvalue weighted by Gasteiger charge is -2.09. The topological polar surface area (TPSA) is 53.1 Å². The smallest absolute Gasteiger partial charge is 0.142 e. The summed E-state index contributed by atoms with van der Waals surface area (Å²) in [4.78, 5) is 0. The molecule has 2 N–H and O–H groups in total. The maximum atomic E-state index is 5.81. The summed E-state index contributed by atoms with van der Waals surface area (Å²) in [5.41, 5.74) is 8.54. The number of nitrogens with zero attached hydrogens (tertiary/aromatic N) is 2. The van der Waals surface area contributed by atoms with Crippen LogP contribution >= 0.6 is 0 Å². The molecule has 0 saturated carbocycles. The number of anilines is 1. The van der Waals surface area contributed by atoms with Gasteiger partial charge in [-0.15, -0.1) is 0 Å². The number of rotatable bonds is 4.